The second-order valence-electron chi connectivity index (χ2n) is 4.43. The third-order valence-electron chi connectivity index (χ3n) is 2.35. The van der Waals surface area contributed by atoms with Gasteiger partial charge in [-0.2, -0.15) is 0 Å². The zero-order chi connectivity index (χ0) is 11.8. The predicted octanol–water partition coefficient (Wildman–Crippen LogP) is 2.40. The van der Waals surface area contributed by atoms with Crippen molar-refractivity contribution in [2.45, 2.75) is 26.8 Å². The van der Waals surface area contributed by atoms with E-state index in [0.29, 0.717) is 12.0 Å². The molecule has 0 bridgehead atoms. The molecule has 3 nitrogen and oxygen atoms in total. The highest BCUT2D eigenvalue weighted by Crippen LogP contribution is 2.09. The van der Waals surface area contributed by atoms with Gasteiger partial charge in [-0.1, -0.05) is 13.8 Å². The van der Waals surface area contributed by atoms with Gasteiger partial charge in [0, 0.05) is 31.6 Å². The number of nitrogens with one attached hydrogen (secondary N) is 1. The topological polar surface area (TPSA) is 34.1 Å². The summed E-state index contributed by atoms with van der Waals surface area (Å²) in [4.78, 5) is 4.00. The number of pyridine rings is 1. The molecule has 1 N–H and O–H groups in total. The number of hydrogen-bond acceptors (Lipinski definition) is 3. The molecule has 0 aromatic carbocycles. The lowest BCUT2D eigenvalue weighted by atomic mass is 10.1. The maximum atomic E-state index is 5.51. The first-order chi connectivity index (χ1) is 7.70. The first-order valence-electron chi connectivity index (χ1n) is 5.91. The molecule has 0 aliphatic heterocycles. The Bertz CT molecular complexity index is 275. The summed E-state index contributed by atoms with van der Waals surface area (Å²) in [5.74, 6) is 0.609. The number of hydrogen-bond donors (Lipinski definition) is 1. The zero-order valence-electron chi connectivity index (χ0n) is 10.4. The van der Waals surface area contributed by atoms with Gasteiger partial charge in [-0.15, -0.1) is 0 Å². The van der Waals surface area contributed by atoms with E-state index < -0.39 is 0 Å². The van der Waals surface area contributed by atoms with Crippen molar-refractivity contribution >= 4 is 0 Å². The van der Waals surface area contributed by atoms with Gasteiger partial charge in [-0.3, -0.25) is 4.98 Å². The van der Waals surface area contributed by atoms with E-state index in [1.54, 1.807) is 0 Å². The molecule has 0 saturated carbocycles. The predicted molar refractivity (Wildman–Crippen MR) is 66.3 cm³/mol. The van der Waals surface area contributed by atoms with Crippen LogP contribution in [0.2, 0.25) is 0 Å². The van der Waals surface area contributed by atoms with Gasteiger partial charge in [0.1, 0.15) is 0 Å². The van der Waals surface area contributed by atoms with Gasteiger partial charge in [-0.25, -0.2) is 0 Å². The lowest BCUT2D eigenvalue weighted by Crippen LogP contribution is -2.23. The fraction of sp³-hybridized carbons (Fsp3) is 0.615. The van der Waals surface area contributed by atoms with Crippen LogP contribution in [0.1, 0.15) is 32.4 Å². The van der Waals surface area contributed by atoms with Crippen molar-refractivity contribution in [3.8, 4) is 0 Å². The van der Waals surface area contributed by atoms with E-state index in [4.69, 9.17) is 4.74 Å². The van der Waals surface area contributed by atoms with Gasteiger partial charge in [0.05, 0.1) is 6.61 Å². The van der Waals surface area contributed by atoms with Gasteiger partial charge in [-0.05, 0) is 30.5 Å². The van der Waals surface area contributed by atoms with E-state index >= 15 is 0 Å². The summed E-state index contributed by atoms with van der Waals surface area (Å²) in [6.07, 6.45) is 3.64. The van der Waals surface area contributed by atoms with Crippen molar-refractivity contribution in [3.05, 3.63) is 30.1 Å². The fourth-order valence-corrected chi connectivity index (χ4v) is 1.44. The van der Waals surface area contributed by atoms with Gasteiger partial charge in [0.15, 0.2) is 0 Å². The molecule has 0 radical (unpaired) electrons. The normalized spacial score (nSPS) is 13.0. The summed E-state index contributed by atoms with van der Waals surface area (Å²) < 4.78 is 5.51. The van der Waals surface area contributed by atoms with Gasteiger partial charge in [0.25, 0.3) is 0 Å². The van der Waals surface area contributed by atoms with Gasteiger partial charge >= 0.3 is 0 Å². The summed E-state index contributed by atoms with van der Waals surface area (Å²) in [6.45, 7) is 8.97. The monoisotopic (exact) mass is 222 g/mol. The molecule has 3 heteroatoms. The van der Waals surface area contributed by atoms with Gasteiger partial charge < -0.3 is 10.1 Å². The van der Waals surface area contributed by atoms with Crippen molar-refractivity contribution in [1.29, 1.82) is 0 Å². The van der Waals surface area contributed by atoms with Crippen LogP contribution in [0.25, 0.3) is 0 Å². The fourth-order valence-electron chi connectivity index (χ4n) is 1.44. The minimum absolute atomic E-state index is 0.352. The maximum Gasteiger partial charge on any atom is 0.0591 e. The molecule has 0 aliphatic carbocycles. The molecule has 1 heterocycles. The van der Waals surface area contributed by atoms with E-state index in [2.05, 4.69) is 31.1 Å². The Morgan fingerprint density at radius 3 is 2.56 bits per heavy atom. The third-order valence-corrected chi connectivity index (χ3v) is 2.35. The molecule has 0 saturated heterocycles. The average molecular weight is 222 g/mol. The van der Waals surface area contributed by atoms with Crippen molar-refractivity contribution in [3.63, 3.8) is 0 Å². The van der Waals surface area contributed by atoms with Crippen LogP contribution in [0.5, 0.6) is 0 Å². The highest BCUT2D eigenvalue weighted by Gasteiger charge is 2.03. The van der Waals surface area contributed by atoms with Crippen LogP contribution in [0.15, 0.2) is 24.5 Å². The molecule has 0 fully saturated rings. The Balaban J connectivity index is 2.14. The van der Waals surface area contributed by atoms with E-state index in [1.807, 2.05) is 24.5 Å². The SMILES string of the molecule is CC(C)COCCN[C@@H](C)c1ccncc1. The Kier molecular flexibility index (Phi) is 6.04. The molecule has 0 unspecified atom stereocenters. The quantitative estimate of drug-likeness (QED) is 0.719. The van der Waals surface area contributed by atoms with E-state index in [9.17, 15) is 0 Å². The zero-order valence-corrected chi connectivity index (χ0v) is 10.4. The Labute approximate surface area is 98.2 Å². The van der Waals surface area contributed by atoms with Crippen LogP contribution < -0.4 is 5.32 Å². The number of rotatable bonds is 7. The largest absolute Gasteiger partial charge is 0.380 e. The van der Waals surface area contributed by atoms with Crippen LogP contribution in [-0.4, -0.2) is 24.7 Å². The molecule has 1 rings (SSSR count). The van der Waals surface area contributed by atoms with Crippen molar-refractivity contribution < 1.29 is 4.74 Å². The average Bonchev–Trinajstić information content (AvgIpc) is 2.29. The second-order valence-corrected chi connectivity index (χ2v) is 4.43. The molecule has 90 valence electrons. The van der Waals surface area contributed by atoms with Crippen LogP contribution in [-0.2, 0) is 4.74 Å². The van der Waals surface area contributed by atoms with Crippen LogP contribution in [0, 0.1) is 5.92 Å². The summed E-state index contributed by atoms with van der Waals surface area (Å²) in [5, 5.41) is 3.42. The summed E-state index contributed by atoms with van der Waals surface area (Å²) in [5.41, 5.74) is 1.26. The van der Waals surface area contributed by atoms with Crippen LogP contribution in [0.3, 0.4) is 0 Å². The molecule has 1 atom stereocenters. The molecular weight excluding hydrogens is 200 g/mol. The van der Waals surface area contributed by atoms with Crippen LogP contribution in [0.4, 0.5) is 0 Å². The van der Waals surface area contributed by atoms with Crippen LogP contribution >= 0.6 is 0 Å². The Morgan fingerprint density at radius 1 is 1.25 bits per heavy atom. The van der Waals surface area contributed by atoms with Crippen molar-refractivity contribution in [1.82, 2.24) is 10.3 Å². The van der Waals surface area contributed by atoms with E-state index in [1.165, 1.54) is 5.56 Å². The van der Waals surface area contributed by atoms with E-state index in [0.717, 1.165) is 19.8 Å². The molecule has 1 aromatic rings. The first kappa shape index (κ1) is 13.1. The molecular formula is C13H22N2O. The van der Waals surface area contributed by atoms with Gasteiger partial charge in [0.2, 0.25) is 0 Å². The number of ether oxygens (including phenoxy) is 1. The molecule has 0 aliphatic rings. The molecule has 0 amide bonds. The second kappa shape index (κ2) is 7.36. The highest BCUT2D eigenvalue weighted by molar-refractivity contribution is 5.13. The molecule has 0 spiro atoms. The highest BCUT2D eigenvalue weighted by atomic mass is 16.5. The smallest absolute Gasteiger partial charge is 0.0591 e. The molecule has 1 aromatic heterocycles. The Morgan fingerprint density at radius 2 is 1.94 bits per heavy atom. The minimum atomic E-state index is 0.352. The van der Waals surface area contributed by atoms with E-state index in [-0.39, 0.29) is 0 Å². The van der Waals surface area contributed by atoms with Crippen molar-refractivity contribution in [2.24, 2.45) is 5.92 Å². The minimum Gasteiger partial charge on any atom is -0.380 e. The number of aromatic nitrogens is 1. The lowest BCUT2D eigenvalue weighted by molar-refractivity contribution is 0.110. The lowest BCUT2D eigenvalue weighted by Gasteiger charge is -2.14. The molecule has 16 heavy (non-hydrogen) atoms. The number of nitrogens with zero attached hydrogens (tertiary/aromatic N) is 1. The maximum absolute atomic E-state index is 5.51. The standard InChI is InChI=1S/C13H22N2O/c1-11(2)10-16-9-8-15-12(3)13-4-6-14-7-5-13/h4-7,11-12,15H,8-10H2,1-3H3/t12-/m0/s1. The first-order valence-corrected chi connectivity index (χ1v) is 5.91. The summed E-state index contributed by atoms with van der Waals surface area (Å²) in [6, 6.07) is 4.42. The summed E-state index contributed by atoms with van der Waals surface area (Å²) in [7, 11) is 0. The summed E-state index contributed by atoms with van der Waals surface area (Å²) >= 11 is 0. The van der Waals surface area contributed by atoms with Crippen molar-refractivity contribution in [2.75, 3.05) is 19.8 Å². The Hall–Kier alpha value is -0.930. The third kappa shape index (κ3) is 5.24.